The average molecular weight is 518 g/mol. The monoisotopic (exact) mass is 517 g/mol. The van der Waals surface area contributed by atoms with Crippen molar-refractivity contribution in [3.05, 3.63) is 86.7 Å². The number of allylic oxidation sites excluding steroid dienone is 4. The molecule has 0 atom stereocenters. The smallest absolute Gasteiger partial charge is 0.162 e. The fraction of sp³-hybridized carbons (Fsp3) is 0.438. The lowest BCUT2D eigenvalue weighted by molar-refractivity contribution is -0.119. The first-order valence-electron chi connectivity index (χ1n) is 13.1. The molecule has 37 heavy (non-hydrogen) atoms. The number of rotatable bonds is 4. The molecule has 0 aromatic heterocycles. The average Bonchev–Trinajstić information content (AvgIpc) is 2.79. The molecule has 194 valence electrons. The van der Waals surface area contributed by atoms with Gasteiger partial charge in [-0.25, -0.2) is 0 Å². The molecule has 0 unspecified atom stereocenters. The molecule has 1 heterocycles. The van der Waals surface area contributed by atoms with Crippen LogP contribution >= 0.6 is 11.6 Å². The molecule has 0 saturated heterocycles. The topological polar surface area (TPSA) is 46.6 Å². The second-order valence-electron chi connectivity index (χ2n) is 12.6. The van der Waals surface area contributed by atoms with E-state index in [0.29, 0.717) is 30.2 Å². The molecule has 0 amide bonds. The molecule has 5 rings (SSSR count). The number of carbonyl (C=O) groups excluding carboxylic acids is 2. The van der Waals surface area contributed by atoms with Gasteiger partial charge in [-0.05, 0) is 53.9 Å². The van der Waals surface area contributed by atoms with Crippen molar-refractivity contribution in [2.45, 2.75) is 72.8 Å². The van der Waals surface area contributed by atoms with Crippen molar-refractivity contribution in [2.75, 3.05) is 7.05 Å². The molecule has 0 radical (unpaired) electrons. The number of aryl methyl sites for hydroxylation is 1. The lowest BCUT2D eigenvalue weighted by Gasteiger charge is -2.47. The van der Waals surface area contributed by atoms with Gasteiger partial charge in [0, 0.05) is 48.3 Å². The standard InChI is InChI=1S/C32H36ClNO3/c1-19-7-9-20(10-8-19)18-37-27-12-11-21(13-22(27)33)28-29-23(14-31(2,3)16-25(29)35)34(6)24-15-32(4,5)17-26(36)30(24)28/h7-13,28H,14-18H2,1-6H3. The molecule has 1 aliphatic heterocycles. The number of ketones is 2. The van der Waals surface area contributed by atoms with Gasteiger partial charge in [-0.1, -0.05) is 75.2 Å². The third-order valence-electron chi connectivity index (χ3n) is 7.98. The van der Waals surface area contributed by atoms with Gasteiger partial charge in [0.1, 0.15) is 12.4 Å². The first-order chi connectivity index (χ1) is 17.3. The summed E-state index contributed by atoms with van der Waals surface area (Å²) in [5.41, 5.74) is 6.53. The summed E-state index contributed by atoms with van der Waals surface area (Å²) in [5, 5.41) is 0.486. The minimum atomic E-state index is -0.392. The summed E-state index contributed by atoms with van der Waals surface area (Å²) in [5.74, 6) is 0.456. The van der Waals surface area contributed by atoms with Crippen LogP contribution in [0.25, 0.3) is 0 Å². The van der Waals surface area contributed by atoms with Crippen molar-refractivity contribution in [3.63, 3.8) is 0 Å². The molecular formula is C32H36ClNO3. The first kappa shape index (κ1) is 25.8. The van der Waals surface area contributed by atoms with Crippen LogP contribution in [0.15, 0.2) is 65.0 Å². The molecule has 2 aliphatic carbocycles. The summed E-state index contributed by atoms with van der Waals surface area (Å²) in [4.78, 5) is 29.4. The zero-order chi connectivity index (χ0) is 26.7. The number of halogens is 1. The van der Waals surface area contributed by atoms with E-state index in [4.69, 9.17) is 16.3 Å². The van der Waals surface area contributed by atoms with Crippen LogP contribution in [0.2, 0.25) is 5.02 Å². The summed E-state index contributed by atoms with van der Waals surface area (Å²) in [6.45, 7) is 11.1. The molecule has 5 heteroatoms. The maximum absolute atomic E-state index is 13.6. The molecule has 0 saturated carbocycles. The third kappa shape index (κ3) is 4.88. The zero-order valence-electron chi connectivity index (χ0n) is 22.7. The Labute approximate surface area is 225 Å². The maximum atomic E-state index is 13.6. The fourth-order valence-corrected chi connectivity index (χ4v) is 6.40. The van der Waals surface area contributed by atoms with Gasteiger partial charge in [-0.2, -0.15) is 0 Å². The number of ether oxygens (including phenoxy) is 1. The van der Waals surface area contributed by atoms with Crippen LogP contribution in [-0.2, 0) is 16.2 Å². The van der Waals surface area contributed by atoms with Crippen molar-refractivity contribution in [3.8, 4) is 5.75 Å². The summed E-state index contributed by atoms with van der Waals surface area (Å²) < 4.78 is 6.03. The molecule has 0 N–H and O–H groups in total. The fourth-order valence-electron chi connectivity index (χ4n) is 6.16. The Morgan fingerprint density at radius 3 is 1.92 bits per heavy atom. The van der Waals surface area contributed by atoms with Gasteiger partial charge < -0.3 is 9.64 Å². The molecule has 3 aliphatic rings. The van der Waals surface area contributed by atoms with Crippen LogP contribution in [0, 0.1) is 17.8 Å². The van der Waals surface area contributed by atoms with E-state index in [-0.39, 0.29) is 22.4 Å². The van der Waals surface area contributed by atoms with Gasteiger partial charge >= 0.3 is 0 Å². The van der Waals surface area contributed by atoms with E-state index < -0.39 is 5.92 Å². The molecular weight excluding hydrogens is 482 g/mol. The van der Waals surface area contributed by atoms with E-state index in [0.717, 1.165) is 46.5 Å². The van der Waals surface area contributed by atoms with Crippen LogP contribution in [0.5, 0.6) is 5.75 Å². The number of hydrogen-bond donors (Lipinski definition) is 0. The van der Waals surface area contributed by atoms with Gasteiger partial charge in [0.05, 0.1) is 5.02 Å². The number of hydrogen-bond acceptors (Lipinski definition) is 4. The van der Waals surface area contributed by atoms with Gasteiger partial charge in [0.15, 0.2) is 11.6 Å². The second kappa shape index (κ2) is 9.16. The summed E-state index contributed by atoms with van der Waals surface area (Å²) in [6.07, 6.45) is 2.56. The van der Waals surface area contributed by atoms with Crippen LogP contribution < -0.4 is 4.74 Å². The Morgan fingerprint density at radius 2 is 1.41 bits per heavy atom. The molecule has 0 bridgehead atoms. The molecule has 0 spiro atoms. The van der Waals surface area contributed by atoms with Crippen LogP contribution in [0.4, 0.5) is 0 Å². The van der Waals surface area contributed by atoms with Crippen molar-refractivity contribution in [1.29, 1.82) is 0 Å². The van der Waals surface area contributed by atoms with E-state index >= 15 is 0 Å². The quantitative estimate of drug-likeness (QED) is 0.420. The lowest BCUT2D eigenvalue weighted by Crippen LogP contribution is -2.43. The Kier molecular flexibility index (Phi) is 6.39. The third-order valence-corrected chi connectivity index (χ3v) is 8.28. The van der Waals surface area contributed by atoms with Crippen molar-refractivity contribution < 1.29 is 14.3 Å². The molecule has 0 fully saturated rings. The van der Waals surface area contributed by atoms with E-state index in [2.05, 4.69) is 51.7 Å². The van der Waals surface area contributed by atoms with Gasteiger partial charge in [-0.3, -0.25) is 9.59 Å². The Balaban J connectivity index is 1.56. The van der Waals surface area contributed by atoms with Gasteiger partial charge in [-0.15, -0.1) is 0 Å². The lowest BCUT2D eigenvalue weighted by atomic mass is 9.64. The normalized spacial score (nSPS) is 21.2. The minimum absolute atomic E-state index is 0.119. The SMILES string of the molecule is Cc1ccc(COc2ccc(C3C4=C(CC(C)(C)CC4=O)N(C)C4=C3C(=O)CC(C)(C)C4)cc2Cl)cc1. The van der Waals surface area contributed by atoms with Crippen molar-refractivity contribution >= 4 is 23.2 Å². The summed E-state index contributed by atoms with van der Waals surface area (Å²) >= 11 is 6.75. The van der Waals surface area contributed by atoms with E-state index in [1.165, 1.54) is 5.56 Å². The highest BCUT2D eigenvalue weighted by Gasteiger charge is 2.48. The second-order valence-corrected chi connectivity index (χ2v) is 13.0. The summed E-state index contributed by atoms with van der Waals surface area (Å²) in [7, 11) is 2.03. The Hall–Kier alpha value is -2.85. The molecule has 2 aromatic carbocycles. The van der Waals surface area contributed by atoms with Gasteiger partial charge in [0.2, 0.25) is 0 Å². The Morgan fingerprint density at radius 1 is 0.865 bits per heavy atom. The highest BCUT2D eigenvalue weighted by molar-refractivity contribution is 6.32. The highest BCUT2D eigenvalue weighted by atomic mass is 35.5. The van der Waals surface area contributed by atoms with E-state index in [9.17, 15) is 9.59 Å². The predicted octanol–water partition coefficient (Wildman–Crippen LogP) is 7.54. The van der Waals surface area contributed by atoms with Crippen molar-refractivity contribution in [1.82, 2.24) is 4.90 Å². The maximum Gasteiger partial charge on any atom is 0.162 e. The van der Waals surface area contributed by atoms with E-state index in [1.807, 2.05) is 37.4 Å². The number of benzene rings is 2. The predicted molar refractivity (Wildman–Crippen MR) is 148 cm³/mol. The van der Waals surface area contributed by atoms with E-state index in [1.54, 1.807) is 0 Å². The Bertz CT molecular complexity index is 1290. The highest BCUT2D eigenvalue weighted by Crippen LogP contribution is 2.54. The number of Topliss-reactive ketones (excluding diaryl/α,β-unsaturated/α-hetero) is 2. The van der Waals surface area contributed by atoms with Crippen molar-refractivity contribution in [2.24, 2.45) is 10.8 Å². The number of carbonyl (C=O) groups is 2. The van der Waals surface area contributed by atoms with Crippen LogP contribution in [-0.4, -0.2) is 23.5 Å². The first-order valence-corrected chi connectivity index (χ1v) is 13.5. The minimum Gasteiger partial charge on any atom is -0.487 e. The summed E-state index contributed by atoms with van der Waals surface area (Å²) in [6, 6.07) is 13.9. The van der Waals surface area contributed by atoms with Crippen LogP contribution in [0.1, 0.15) is 76.0 Å². The largest absolute Gasteiger partial charge is 0.487 e. The zero-order valence-corrected chi connectivity index (χ0v) is 23.5. The number of nitrogens with zero attached hydrogens (tertiary/aromatic N) is 1. The molecule has 4 nitrogen and oxygen atoms in total. The van der Waals surface area contributed by atoms with Gasteiger partial charge in [0.25, 0.3) is 0 Å². The van der Waals surface area contributed by atoms with Crippen LogP contribution in [0.3, 0.4) is 0 Å². The molecule has 2 aromatic rings.